The zero-order valence-corrected chi connectivity index (χ0v) is 8.97. The minimum atomic E-state index is -0.501. The highest BCUT2D eigenvalue weighted by molar-refractivity contribution is 5.99. The Balaban J connectivity index is 2.19. The molecule has 1 aromatic heterocycles. The minimum absolute atomic E-state index is 0.197. The van der Waals surface area contributed by atoms with Crippen LogP contribution in [-0.4, -0.2) is 48.7 Å². The number of ether oxygens (including phenoxy) is 2. The minimum Gasteiger partial charge on any atom is -0.479 e. The van der Waals surface area contributed by atoms with Gasteiger partial charge in [-0.2, -0.15) is 0 Å². The first-order valence-corrected chi connectivity index (χ1v) is 5.04. The van der Waals surface area contributed by atoms with E-state index in [2.05, 4.69) is 15.3 Å². The van der Waals surface area contributed by atoms with Crippen LogP contribution in [0.15, 0.2) is 12.4 Å². The van der Waals surface area contributed by atoms with Crippen molar-refractivity contribution in [2.45, 2.75) is 6.10 Å². The Kier molecular flexibility index (Phi) is 3.43. The molecule has 1 aliphatic heterocycles. The number of hydrogen-bond donors (Lipinski definition) is 1. The van der Waals surface area contributed by atoms with Crippen LogP contribution in [0.3, 0.4) is 0 Å². The number of carbonyl (C=O) groups is 1. The molecule has 1 N–H and O–H groups in total. The third-order valence-corrected chi connectivity index (χ3v) is 2.31. The first-order chi connectivity index (χ1) is 7.83. The molecule has 0 aromatic carbocycles. The lowest BCUT2D eigenvalue weighted by Gasteiger charge is -2.22. The molecule has 0 saturated carbocycles. The van der Waals surface area contributed by atoms with E-state index < -0.39 is 6.10 Å². The van der Waals surface area contributed by atoms with E-state index in [-0.39, 0.29) is 17.4 Å². The lowest BCUT2D eigenvalue weighted by atomic mass is 10.1. The maximum atomic E-state index is 12.0. The lowest BCUT2D eigenvalue weighted by molar-refractivity contribution is 0.0262. The molecule has 1 saturated heterocycles. The monoisotopic (exact) mass is 223 g/mol. The van der Waals surface area contributed by atoms with Crippen LogP contribution in [0.2, 0.25) is 0 Å². The highest BCUT2D eigenvalue weighted by atomic mass is 16.5. The van der Waals surface area contributed by atoms with Gasteiger partial charge >= 0.3 is 0 Å². The van der Waals surface area contributed by atoms with Gasteiger partial charge in [0.2, 0.25) is 11.7 Å². The van der Waals surface area contributed by atoms with Crippen molar-refractivity contribution in [1.82, 2.24) is 15.3 Å². The van der Waals surface area contributed by atoms with Crippen LogP contribution in [0.4, 0.5) is 0 Å². The Morgan fingerprint density at radius 2 is 2.38 bits per heavy atom. The zero-order chi connectivity index (χ0) is 11.4. The largest absolute Gasteiger partial charge is 0.479 e. The summed E-state index contributed by atoms with van der Waals surface area (Å²) in [6, 6.07) is 0. The van der Waals surface area contributed by atoms with Crippen molar-refractivity contribution in [2.24, 2.45) is 0 Å². The van der Waals surface area contributed by atoms with Crippen LogP contribution < -0.4 is 10.1 Å². The number of rotatable bonds is 3. The Bertz CT molecular complexity index is 377. The van der Waals surface area contributed by atoms with Gasteiger partial charge in [-0.05, 0) is 0 Å². The van der Waals surface area contributed by atoms with E-state index in [0.29, 0.717) is 13.2 Å². The van der Waals surface area contributed by atoms with E-state index in [4.69, 9.17) is 9.47 Å². The van der Waals surface area contributed by atoms with E-state index >= 15 is 0 Å². The van der Waals surface area contributed by atoms with Crippen LogP contribution >= 0.6 is 0 Å². The number of morpholine rings is 1. The summed E-state index contributed by atoms with van der Waals surface area (Å²) in [5, 5.41) is 3.09. The molecule has 0 bridgehead atoms. The second-order valence-corrected chi connectivity index (χ2v) is 3.34. The molecule has 0 spiro atoms. The summed E-state index contributed by atoms with van der Waals surface area (Å²) in [6.45, 7) is 1.79. The van der Waals surface area contributed by atoms with Crippen molar-refractivity contribution in [1.29, 1.82) is 0 Å². The van der Waals surface area contributed by atoms with Gasteiger partial charge < -0.3 is 14.8 Å². The third-order valence-electron chi connectivity index (χ3n) is 2.31. The molecule has 0 aliphatic carbocycles. The van der Waals surface area contributed by atoms with Crippen molar-refractivity contribution in [3.05, 3.63) is 18.1 Å². The Morgan fingerprint density at radius 3 is 3.06 bits per heavy atom. The summed E-state index contributed by atoms with van der Waals surface area (Å²) >= 11 is 0. The summed E-state index contributed by atoms with van der Waals surface area (Å²) < 4.78 is 10.3. The highest BCUT2D eigenvalue weighted by Gasteiger charge is 2.27. The molecular weight excluding hydrogens is 210 g/mol. The Labute approximate surface area is 93.0 Å². The average Bonchev–Trinajstić information content (AvgIpc) is 2.39. The quantitative estimate of drug-likeness (QED) is 0.706. The zero-order valence-electron chi connectivity index (χ0n) is 8.97. The van der Waals surface area contributed by atoms with Crippen LogP contribution in [0.1, 0.15) is 10.5 Å². The molecule has 1 fully saturated rings. The fraction of sp³-hybridized carbons (Fsp3) is 0.500. The molecule has 1 aromatic rings. The highest BCUT2D eigenvalue weighted by Crippen LogP contribution is 2.14. The fourth-order valence-electron chi connectivity index (χ4n) is 1.53. The molecule has 16 heavy (non-hydrogen) atoms. The van der Waals surface area contributed by atoms with Crippen molar-refractivity contribution >= 4 is 5.78 Å². The number of ketones is 1. The second kappa shape index (κ2) is 5.00. The normalized spacial score (nSPS) is 20.4. The summed E-state index contributed by atoms with van der Waals surface area (Å²) in [4.78, 5) is 19.9. The maximum absolute atomic E-state index is 12.0. The van der Waals surface area contributed by atoms with Crippen molar-refractivity contribution < 1.29 is 14.3 Å². The fourth-order valence-corrected chi connectivity index (χ4v) is 1.53. The summed E-state index contributed by atoms with van der Waals surface area (Å²) in [7, 11) is 1.46. The first kappa shape index (κ1) is 11.0. The lowest BCUT2D eigenvalue weighted by Crippen LogP contribution is -2.43. The van der Waals surface area contributed by atoms with Crippen LogP contribution in [0, 0.1) is 0 Å². The predicted octanol–water partition coefficient (Wildman–Crippen LogP) is -0.344. The van der Waals surface area contributed by atoms with Gasteiger partial charge in [-0.15, -0.1) is 0 Å². The number of nitrogens with zero attached hydrogens (tertiary/aromatic N) is 2. The number of methoxy groups -OCH3 is 1. The summed E-state index contributed by atoms with van der Waals surface area (Å²) in [5.74, 6) is 0.0406. The standard InChI is InChI=1S/C10H13N3O3/c1-15-10-8(12-2-3-13-10)9(14)7-6-11-4-5-16-7/h2-3,7,11H,4-6H2,1H3. The smallest absolute Gasteiger partial charge is 0.243 e. The summed E-state index contributed by atoms with van der Waals surface area (Å²) in [5.41, 5.74) is 0.221. The topological polar surface area (TPSA) is 73.3 Å². The SMILES string of the molecule is COc1nccnc1C(=O)C1CNCCO1. The van der Waals surface area contributed by atoms with Crippen LogP contribution in [0.5, 0.6) is 5.88 Å². The molecule has 0 radical (unpaired) electrons. The molecule has 6 nitrogen and oxygen atoms in total. The van der Waals surface area contributed by atoms with Crippen molar-refractivity contribution in [2.75, 3.05) is 26.8 Å². The molecule has 2 heterocycles. The van der Waals surface area contributed by atoms with E-state index in [0.717, 1.165) is 6.54 Å². The van der Waals surface area contributed by atoms with E-state index in [1.165, 1.54) is 19.5 Å². The van der Waals surface area contributed by atoms with Gasteiger partial charge in [0.1, 0.15) is 6.10 Å². The van der Waals surface area contributed by atoms with Crippen LogP contribution in [-0.2, 0) is 4.74 Å². The van der Waals surface area contributed by atoms with E-state index in [9.17, 15) is 4.79 Å². The average molecular weight is 223 g/mol. The van der Waals surface area contributed by atoms with Gasteiger partial charge in [0, 0.05) is 25.5 Å². The Hall–Kier alpha value is -1.53. The van der Waals surface area contributed by atoms with Gasteiger partial charge in [0.15, 0.2) is 5.69 Å². The number of hydrogen-bond acceptors (Lipinski definition) is 6. The molecule has 6 heteroatoms. The number of Topliss-reactive ketones (excluding diaryl/α,β-unsaturated/α-hetero) is 1. The third kappa shape index (κ3) is 2.17. The van der Waals surface area contributed by atoms with Crippen molar-refractivity contribution in [3.63, 3.8) is 0 Å². The first-order valence-electron chi connectivity index (χ1n) is 5.04. The molecule has 1 atom stereocenters. The van der Waals surface area contributed by atoms with Gasteiger partial charge in [0.25, 0.3) is 0 Å². The van der Waals surface area contributed by atoms with Crippen LogP contribution in [0.25, 0.3) is 0 Å². The van der Waals surface area contributed by atoms with E-state index in [1.807, 2.05) is 0 Å². The molecule has 1 aliphatic rings. The molecular formula is C10H13N3O3. The predicted molar refractivity (Wildman–Crippen MR) is 55.5 cm³/mol. The molecule has 2 rings (SSSR count). The van der Waals surface area contributed by atoms with Gasteiger partial charge in [-0.3, -0.25) is 4.79 Å². The maximum Gasteiger partial charge on any atom is 0.243 e. The Morgan fingerprint density at radius 1 is 1.56 bits per heavy atom. The van der Waals surface area contributed by atoms with Crippen molar-refractivity contribution in [3.8, 4) is 5.88 Å². The van der Waals surface area contributed by atoms with Gasteiger partial charge in [0.05, 0.1) is 13.7 Å². The number of nitrogens with one attached hydrogen (secondary N) is 1. The molecule has 0 amide bonds. The van der Waals surface area contributed by atoms with E-state index in [1.54, 1.807) is 0 Å². The summed E-state index contributed by atoms with van der Waals surface area (Å²) in [6.07, 6.45) is 2.45. The number of aromatic nitrogens is 2. The van der Waals surface area contributed by atoms with Gasteiger partial charge in [-0.1, -0.05) is 0 Å². The number of carbonyl (C=O) groups excluding carboxylic acids is 1. The second-order valence-electron chi connectivity index (χ2n) is 3.34. The van der Waals surface area contributed by atoms with Gasteiger partial charge in [-0.25, -0.2) is 9.97 Å². The molecule has 1 unspecified atom stereocenters. The molecule has 86 valence electrons.